The Balaban J connectivity index is 3.15. The molecule has 14 heteroatoms. The van der Waals surface area contributed by atoms with Gasteiger partial charge in [-0.15, -0.1) is 0 Å². The molecule has 1 aromatic carbocycles. The summed E-state index contributed by atoms with van der Waals surface area (Å²) >= 11 is 0. The Morgan fingerprint density at radius 3 is 1.84 bits per heavy atom. The molecule has 14 nitrogen and oxygen atoms in total. The summed E-state index contributed by atoms with van der Waals surface area (Å²) < 4.78 is 0. The summed E-state index contributed by atoms with van der Waals surface area (Å²) in [6, 6.07) is 0.469. The number of carbonyl (C=O) groups excluding carboxylic acids is 5. The van der Waals surface area contributed by atoms with E-state index >= 15 is 0 Å². The van der Waals surface area contributed by atoms with E-state index in [1.54, 1.807) is 13.8 Å². The van der Waals surface area contributed by atoms with Crippen LogP contribution in [0.15, 0.2) is 24.3 Å². The van der Waals surface area contributed by atoms with Crippen LogP contribution in [0.1, 0.15) is 45.1 Å². The standard InChI is InChI=1S/C24H36N6O8/c1-12(2)9-18(24(37)38)30-22(35)16(10-13-3-5-14(31)6-4-13)29-23(36)17(11-20(27)33)28-21(34)15(25)7-8-19(26)32/h3-6,12,15-18,31H,7-11,25H2,1-2H3,(H2,26,32)(H2,27,33)(H,28,34)(H,29,36)(H,30,35)(H,37,38). The lowest BCUT2D eigenvalue weighted by molar-refractivity contribution is -0.143. The van der Waals surface area contributed by atoms with Gasteiger partial charge in [-0.1, -0.05) is 26.0 Å². The molecule has 0 aliphatic rings. The average molecular weight is 537 g/mol. The summed E-state index contributed by atoms with van der Waals surface area (Å²) in [5, 5.41) is 26.2. The first-order valence-electron chi connectivity index (χ1n) is 11.9. The third-order valence-corrected chi connectivity index (χ3v) is 5.41. The van der Waals surface area contributed by atoms with Gasteiger partial charge < -0.3 is 43.4 Å². The molecule has 0 saturated heterocycles. The number of carbonyl (C=O) groups is 6. The van der Waals surface area contributed by atoms with Crippen LogP contribution in [-0.4, -0.2) is 69.9 Å². The van der Waals surface area contributed by atoms with Crippen LogP contribution in [0.4, 0.5) is 0 Å². The van der Waals surface area contributed by atoms with E-state index in [0.717, 1.165) is 0 Å². The molecule has 0 fully saturated rings. The molecule has 1 rings (SSSR count). The molecular weight excluding hydrogens is 500 g/mol. The normalized spacial score (nSPS) is 14.0. The fourth-order valence-electron chi connectivity index (χ4n) is 3.43. The molecule has 0 saturated carbocycles. The molecule has 0 aliphatic heterocycles. The first kappa shape index (κ1) is 31.8. The smallest absolute Gasteiger partial charge is 0.326 e. The average Bonchev–Trinajstić information content (AvgIpc) is 2.81. The maximum Gasteiger partial charge on any atom is 0.326 e. The minimum atomic E-state index is -1.51. The van der Waals surface area contributed by atoms with Gasteiger partial charge in [-0.3, -0.25) is 24.0 Å². The number of hydrogen-bond donors (Lipinski definition) is 8. The number of nitrogens with two attached hydrogens (primary N) is 3. The highest BCUT2D eigenvalue weighted by atomic mass is 16.4. The van der Waals surface area contributed by atoms with Crippen molar-refractivity contribution in [2.75, 3.05) is 0 Å². The summed E-state index contributed by atoms with van der Waals surface area (Å²) in [5.41, 5.74) is 16.5. The van der Waals surface area contributed by atoms with E-state index in [0.29, 0.717) is 5.56 Å². The predicted molar refractivity (Wildman–Crippen MR) is 135 cm³/mol. The van der Waals surface area contributed by atoms with Crippen LogP contribution in [0.2, 0.25) is 0 Å². The summed E-state index contributed by atoms with van der Waals surface area (Å²) in [4.78, 5) is 72.8. The van der Waals surface area contributed by atoms with Gasteiger partial charge in [0.05, 0.1) is 12.5 Å². The fraction of sp³-hybridized carbons (Fsp3) is 0.500. The lowest BCUT2D eigenvalue weighted by Gasteiger charge is -2.25. The zero-order valence-electron chi connectivity index (χ0n) is 21.3. The van der Waals surface area contributed by atoms with Crippen molar-refractivity contribution in [3.63, 3.8) is 0 Å². The second-order valence-electron chi connectivity index (χ2n) is 9.30. The molecule has 0 spiro atoms. The highest BCUT2D eigenvalue weighted by Crippen LogP contribution is 2.13. The summed E-state index contributed by atoms with van der Waals surface area (Å²) in [5.74, 6) is -5.58. The molecule has 0 heterocycles. The van der Waals surface area contributed by atoms with E-state index in [9.17, 15) is 39.0 Å². The molecule has 38 heavy (non-hydrogen) atoms. The molecular formula is C24H36N6O8. The number of phenolic OH excluding ortho intramolecular Hbond substituents is 1. The van der Waals surface area contributed by atoms with E-state index in [1.807, 2.05) is 0 Å². The summed E-state index contributed by atoms with van der Waals surface area (Å²) in [6.07, 6.45) is -0.897. The van der Waals surface area contributed by atoms with Crippen LogP contribution in [0.3, 0.4) is 0 Å². The topological polar surface area (TPSA) is 257 Å². The molecule has 210 valence electrons. The van der Waals surface area contributed by atoms with Crippen LogP contribution in [0, 0.1) is 5.92 Å². The van der Waals surface area contributed by atoms with Crippen LogP contribution in [-0.2, 0) is 35.2 Å². The predicted octanol–water partition coefficient (Wildman–Crippen LogP) is -2.01. The second kappa shape index (κ2) is 15.1. The molecule has 4 unspecified atom stereocenters. The molecule has 1 aromatic rings. The lowest BCUT2D eigenvalue weighted by atomic mass is 10.0. The van der Waals surface area contributed by atoms with Crippen molar-refractivity contribution in [1.82, 2.24) is 16.0 Å². The van der Waals surface area contributed by atoms with Gasteiger partial charge in [0, 0.05) is 12.8 Å². The number of primary amides is 2. The van der Waals surface area contributed by atoms with Crippen molar-refractivity contribution in [1.29, 1.82) is 0 Å². The number of benzene rings is 1. The third-order valence-electron chi connectivity index (χ3n) is 5.41. The Morgan fingerprint density at radius 2 is 1.34 bits per heavy atom. The summed E-state index contributed by atoms with van der Waals surface area (Å²) in [6.45, 7) is 3.56. The van der Waals surface area contributed by atoms with Crippen LogP contribution >= 0.6 is 0 Å². The zero-order valence-corrected chi connectivity index (χ0v) is 21.3. The van der Waals surface area contributed by atoms with E-state index < -0.39 is 66.1 Å². The number of hydrogen-bond acceptors (Lipinski definition) is 8. The monoisotopic (exact) mass is 536 g/mol. The third kappa shape index (κ3) is 11.7. The largest absolute Gasteiger partial charge is 0.508 e. The number of amides is 5. The molecule has 5 amide bonds. The SMILES string of the molecule is CC(C)CC(NC(=O)C(Cc1ccc(O)cc1)NC(=O)C(CC(N)=O)NC(=O)C(N)CCC(N)=O)C(=O)O. The van der Waals surface area contributed by atoms with Crippen LogP contribution in [0.25, 0.3) is 0 Å². The molecule has 0 aromatic heterocycles. The van der Waals surface area contributed by atoms with E-state index in [2.05, 4.69) is 16.0 Å². The Labute approximate surface area is 219 Å². The quantitative estimate of drug-likeness (QED) is 0.116. The molecule has 4 atom stereocenters. The van der Waals surface area contributed by atoms with Crippen molar-refractivity contribution >= 4 is 35.5 Å². The Hall–Kier alpha value is -4.20. The van der Waals surface area contributed by atoms with Crippen molar-refractivity contribution in [3.05, 3.63) is 29.8 Å². The number of phenols is 1. The van der Waals surface area contributed by atoms with Crippen LogP contribution in [0.5, 0.6) is 5.75 Å². The number of rotatable bonds is 16. The number of aliphatic carboxylic acids is 1. The van der Waals surface area contributed by atoms with Gasteiger partial charge in [0.25, 0.3) is 0 Å². The van der Waals surface area contributed by atoms with Gasteiger partial charge in [0.15, 0.2) is 0 Å². The Bertz CT molecular complexity index is 1010. The van der Waals surface area contributed by atoms with Gasteiger partial charge in [-0.05, 0) is 36.5 Å². The Kier molecular flexibility index (Phi) is 12.7. The first-order chi connectivity index (χ1) is 17.7. The van der Waals surface area contributed by atoms with Crippen molar-refractivity contribution in [2.45, 2.75) is 70.1 Å². The van der Waals surface area contributed by atoms with Crippen molar-refractivity contribution in [2.24, 2.45) is 23.1 Å². The number of carboxylic acid groups (broad SMARTS) is 1. The van der Waals surface area contributed by atoms with Gasteiger partial charge in [-0.2, -0.15) is 0 Å². The minimum absolute atomic E-state index is 0.0291. The van der Waals surface area contributed by atoms with E-state index in [1.165, 1.54) is 24.3 Å². The highest BCUT2D eigenvalue weighted by molar-refractivity contribution is 5.96. The Morgan fingerprint density at radius 1 is 0.816 bits per heavy atom. The zero-order chi connectivity index (χ0) is 29.0. The van der Waals surface area contributed by atoms with Gasteiger partial charge in [-0.25, -0.2) is 4.79 Å². The van der Waals surface area contributed by atoms with Gasteiger partial charge >= 0.3 is 5.97 Å². The lowest BCUT2D eigenvalue weighted by Crippen LogP contribution is -2.58. The number of nitrogens with one attached hydrogen (secondary N) is 3. The molecule has 0 radical (unpaired) electrons. The van der Waals surface area contributed by atoms with Crippen molar-refractivity contribution in [3.8, 4) is 5.75 Å². The number of aromatic hydroxyl groups is 1. The molecule has 0 aliphatic carbocycles. The maximum atomic E-state index is 13.1. The highest BCUT2D eigenvalue weighted by Gasteiger charge is 2.31. The summed E-state index contributed by atoms with van der Waals surface area (Å²) in [7, 11) is 0. The first-order valence-corrected chi connectivity index (χ1v) is 11.9. The second-order valence-corrected chi connectivity index (χ2v) is 9.30. The van der Waals surface area contributed by atoms with E-state index in [-0.39, 0.29) is 37.4 Å². The maximum absolute atomic E-state index is 13.1. The van der Waals surface area contributed by atoms with Gasteiger partial charge in [0.1, 0.15) is 23.9 Å². The minimum Gasteiger partial charge on any atom is -0.508 e. The fourth-order valence-corrected chi connectivity index (χ4v) is 3.43. The van der Waals surface area contributed by atoms with Crippen LogP contribution < -0.4 is 33.2 Å². The van der Waals surface area contributed by atoms with Crippen molar-refractivity contribution < 1.29 is 39.0 Å². The molecule has 0 bridgehead atoms. The van der Waals surface area contributed by atoms with E-state index in [4.69, 9.17) is 17.2 Å². The van der Waals surface area contributed by atoms with Gasteiger partial charge in [0.2, 0.25) is 29.5 Å². The molecule has 11 N–H and O–H groups in total. The number of carboxylic acids is 1.